The van der Waals surface area contributed by atoms with Gasteiger partial charge in [-0.15, -0.1) is 15.3 Å². The molecule has 1 aromatic carbocycles. The highest BCUT2D eigenvalue weighted by atomic mass is 32.2. The lowest BCUT2D eigenvalue weighted by Crippen LogP contribution is -2.36. The minimum atomic E-state index is -0.608. The Hall–Kier alpha value is -2.64. The topological polar surface area (TPSA) is 105 Å². The van der Waals surface area contributed by atoms with Gasteiger partial charge in [-0.25, -0.2) is 4.79 Å². The summed E-state index contributed by atoms with van der Waals surface area (Å²) in [5, 5.41) is 24.5. The molecule has 2 aromatic heterocycles. The van der Waals surface area contributed by atoms with E-state index in [0.717, 1.165) is 9.90 Å². The highest BCUT2D eigenvalue weighted by Gasteiger charge is 2.26. The first kappa shape index (κ1) is 20.1. The van der Waals surface area contributed by atoms with Crippen molar-refractivity contribution >= 4 is 34.2 Å². The number of nitrogens with zero attached hydrogens (tertiary/aromatic N) is 5. The zero-order valence-electron chi connectivity index (χ0n) is 15.7. The van der Waals surface area contributed by atoms with Gasteiger partial charge in [-0.3, -0.25) is 0 Å². The number of carbonyl (C=O) groups is 1. The number of alkyl carbamates (subject to hydrolysis) is 1. The van der Waals surface area contributed by atoms with Crippen LogP contribution in [0.1, 0.15) is 38.2 Å². The molecule has 0 radical (unpaired) electrons. The molecule has 10 heteroatoms. The van der Waals surface area contributed by atoms with Crippen molar-refractivity contribution < 1.29 is 9.53 Å². The van der Waals surface area contributed by atoms with Crippen molar-refractivity contribution in [2.24, 2.45) is 0 Å². The number of nitriles is 1. The van der Waals surface area contributed by atoms with Crippen LogP contribution < -0.4 is 5.32 Å². The van der Waals surface area contributed by atoms with E-state index in [0.29, 0.717) is 23.0 Å². The number of fused-ring (bicyclic) bond motifs is 1. The van der Waals surface area contributed by atoms with Gasteiger partial charge in [-0.2, -0.15) is 9.78 Å². The summed E-state index contributed by atoms with van der Waals surface area (Å²) >= 11 is 2.70. The third kappa shape index (κ3) is 5.21. The van der Waals surface area contributed by atoms with E-state index in [4.69, 9.17) is 10.00 Å². The highest BCUT2D eigenvalue weighted by Crippen LogP contribution is 2.26. The van der Waals surface area contributed by atoms with Gasteiger partial charge in [0, 0.05) is 6.42 Å². The van der Waals surface area contributed by atoms with Crippen LogP contribution in [-0.2, 0) is 11.2 Å². The molecule has 0 aliphatic heterocycles. The molecule has 0 aliphatic carbocycles. The van der Waals surface area contributed by atoms with E-state index >= 15 is 0 Å². The number of nitrogens with one attached hydrogen (secondary N) is 1. The van der Waals surface area contributed by atoms with Gasteiger partial charge in [0.1, 0.15) is 5.60 Å². The monoisotopic (exact) mass is 416 g/mol. The van der Waals surface area contributed by atoms with Crippen molar-refractivity contribution in [3.8, 4) is 6.07 Å². The Morgan fingerprint density at radius 3 is 2.79 bits per heavy atom. The van der Waals surface area contributed by atoms with Gasteiger partial charge in [-0.1, -0.05) is 53.4 Å². The zero-order valence-corrected chi connectivity index (χ0v) is 17.4. The standard InChI is InChI=1S/C18H20N6O2S2/c1-18(2,3)26-16(25)20-13(11-12-7-5-4-6-8-12)14-21-22-15-24(14)23-17(28-15)27-10-9-19/h4-8,13H,10-11H2,1-3H3,(H,20,25). The SMILES string of the molecule is CC(C)(C)OC(=O)NC(Cc1ccccc1)c1nnc2sc(SCC#N)nn12. The molecule has 1 amide bonds. The highest BCUT2D eigenvalue weighted by molar-refractivity contribution is 8.01. The first-order valence-corrected chi connectivity index (χ1v) is 10.4. The van der Waals surface area contributed by atoms with Crippen molar-refractivity contribution in [2.75, 3.05) is 5.75 Å². The summed E-state index contributed by atoms with van der Waals surface area (Å²) in [5.41, 5.74) is 0.429. The molecule has 1 unspecified atom stereocenters. The quantitative estimate of drug-likeness (QED) is 0.612. The fourth-order valence-electron chi connectivity index (χ4n) is 2.49. The van der Waals surface area contributed by atoms with Crippen LogP contribution >= 0.6 is 23.1 Å². The second-order valence-electron chi connectivity index (χ2n) is 6.96. The summed E-state index contributed by atoms with van der Waals surface area (Å²) in [4.78, 5) is 13.0. The molecule has 0 aliphatic rings. The zero-order chi connectivity index (χ0) is 20.1. The van der Waals surface area contributed by atoms with Crippen molar-refractivity contribution in [2.45, 2.75) is 43.2 Å². The lowest BCUT2D eigenvalue weighted by Gasteiger charge is -2.22. The second-order valence-corrected chi connectivity index (χ2v) is 9.13. The lowest BCUT2D eigenvalue weighted by atomic mass is 10.1. The number of thioether (sulfide) groups is 1. The Labute approximate surface area is 170 Å². The van der Waals surface area contributed by atoms with E-state index in [-0.39, 0.29) is 0 Å². The Kier molecular flexibility index (Phi) is 6.16. The third-order valence-electron chi connectivity index (χ3n) is 3.54. The van der Waals surface area contributed by atoms with Crippen LogP contribution in [0.5, 0.6) is 0 Å². The Balaban J connectivity index is 1.89. The molecule has 8 nitrogen and oxygen atoms in total. The molecule has 0 spiro atoms. The molecular formula is C18H20N6O2S2. The summed E-state index contributed by atoms with van der Waals surface area (Å²) in [6.07, 6.45) is -0.0153. The molecule has 146 valence electrons. The van der Waals surface area contributed by atoms with E-state index in [9.17, 15) is 4.79 Å². The van der Waals surface area contributed by atoms with Crippen LogP contribution in [0.25, 0.3) is 4.96 Å². The Morgan fingerprint density at radius 2 is 2.11 bits per heavy atom. The minimum absolute atomic E-state index is 0.309. The van der Waals surface area contributed by atoms with E-state index in [1.54, 1.807) is 4.52 Å². The predicted molar refractivity (Wildman–Crippen MR) is 107 cm³/mol. The van der Waals surface area contributed by atoms with Crippen molar-refractivity contribution in [1.82, 2.24) is 25.1 Å². The normalized spacial score (nSPS) is 12.5. The molecule has 0 saturated heterocycles. The minimum Gasteiger partial charge on any atom is -0.444 e. The van der Waals surface area contributed by atoms with Crippen LogP contribution in [0.15, 0.2) is 34.7 Å². The third-order valence-corrected chi connectivity index (χ3v) is 5.44. The molecule has 28 heavy (non-hydrogen) atoms. The molecule has 1 N–H and O–H groups in total. The van der Waals surface area contributed by atoms with Crippen LogP contribution in [0.3, 0.4) is 0 Å². The van der Waals surface area contributed by atoms with Crippen LogP contribution in [0.2, 0.25) is 0 Å². The smallest absolute Gasteiger partial charge is 0.408 e. The molecule has 0 bridgehead atoms. The number of ether oxygens (including phenoxy) is 1. The van der Waals surface area contributed by atoms with E-state index in [1.807, 2.05) is 51.1 Å². The second kappa shape index (κ2) is 8.58. The molecule has 0 saturated carbocycles. The van der Waals surface area contributed by atoms with Gasteiger partial charge < -0.3 is 10.1 Å². The van der Waals surface area contributed by atoms with Gasteiger partial charge in [0.25, 0.3) is 0 Å². The lowest BCUT2D eigenvalue weighted by molar-refractivity contribution is 0.0500. The van der Waals surface area contributed by atoms with Crippen LogP contribution in [0.4, 0.5) is 4.79 Å². The number of carbonyl (C=O) groups excluding carboxylic acids is 1. The maximum absolute atomic E-state index is 12.4. The average Bonchev–Trinajstić information content (AvgIpc) is 3.18. The van der Waals surface area contributed by atoms with Crippen molar-refractivity contribution in [3.63, 3.8) is 0 Å². The molecule has 3 rings (SSSR count). The fraction of sp³-hybridized carbons (Fsp3) is 0.389. The van der Waals surface area contributed by atoms with Crippen molar-refractivity contribution in [1.29, 1.82) is 5.26 Å². The van der Waals surface area contributed by atoms with E-state index < -0.39 is 17.7 Å². The molecule has 0 fully saturated rings. The molecule has 3 aromatic rings. The largest absolute Gasteiger partial charge is 0.444 e. The first-order valence-electron chi connectivity index (χ1n) is 8.61. The van der Waals surface area contributed by atoms with Gasteiger partial charge in [0.05, 0.1) is 17.9 Å². The summed E-state index contributed by atoms with van der Waals surface area (Å²) in [6.45, 7) is 5.44. The maximum Gasteiger partial charge on any atom is 0.408 e. The van der Waals surface area contributed by atoms with Gasteiger partial charge in [-0.05, 0) is 26.3 Å². The number of amides is 1. The molecular weight excluding hydrogens is 396 g/mol. The summed E-state index contributed by atoms with van der Waals surface area (Å²) in [7, 11) is 0. The number of benzene rings is 1. The van der Waals surface area contributed by atoms with E-state index in [1.165, 1.54) is 23.1 Å². The molecule has 1 atom stereocenters. The average molecular weight is 417 g/mol. The van der Waals surface area contributed by atoms with Crippen molar-refractivity contribution in [3.05, 3.63) is 41.7 Å². The Morgan fingerprint density at radius 1 is 1.36 bits per heavy atom. The summed E-state index contributed by atoms with van der Waals surface area (Å²) in [6, 6.07) is 11.4. The summed E-state index contributed by atoms with van der Waals surface area (Å²) < 4.78 is 7.75. The summed E-state index contributed by atoms with van der Waals surface area (Å²) in [5.74, 6) is 0.827. The van der Waals surface area contributed by atoms with Gasteiger partial charge in [0.2, 0.25) is 4.96 Å². The Bertz CT molecular complexity index is 987. The maximum atomic E-state index is 12.4. The first-order chi connectivity index (χ1) is 13.4. The predicted octanol–water partition coefficient (Wildman–Crippen LogP) is 3.61. The van der Waals surface area contributed by atoms with E-state index in [2.05, 4.69) is 26.7 Å². The van der Waals surface area contributed by atoms with Crippen LogP contribution in [0, 0.1) is 11.3 Å². The van der Waals surface area contributed by atoms with Gasteiger partial charge >= 0.3 is 6.09 Å². The number of aromatic nitrogens is 4. The number of rotatable bonds is 6. The van der Waals surface area contributed by atoms with Gasteiger partial charge in [0.15, 0.2) is 10.2 Å². The fourth-order valence-corrected chi connectivity index (χ4v) is 4.04. The molecule has 2 heterocycles. The number of hydrogen-bond acceptors (Lipinski definition) is 8. The number of hydrogen-bond donors (Lipinski definition) is 1. The van der Waals surface area contributed by atoms with Crippen LogP contribution in [-0.4, -0.2) is 37.3 Å².